The Morgan fingerprint density at radius 2 is 1.95 bits per heavy atom. The van der Waals surface area contributed by atoms with Crippen LogP contribution in [-0.2, 0) is 16.0 Å². The van der Waals surface area contributed by atoms with Crippen LogP contribution >= 0.6 is 0 Å². The molecule has 20 heavy (non-hydrogen) atoms. The van der Waals surface area contributed by atoms with Crippen LogP contribution in [0.4, 0.5) is 0 Å². The summed E-state index contributed by atoms with van der Waals surface area (Å²) < 4.78 is 5.09. The molecule has 1 aromatic carbocycles. The molecule has 0 spiro atoms. The first-order chi connectivity index (χ1) is 9.62. The van der Waals surface area contributed by atoms with Crippen molar-refractivity contribution in [1.29, 1.82) is 0 Å². The molecule has 0 aromatic heterocycles. The first-order valence-electron chi connectivity index (χ1n) is 7.15. The number of nitrogens with zero attached hydrogens (tertiary/aromatic N) is 1. The molecular formula is C16H25NO3. The number of carboxylic acids is 1. The van der Waals surface area contributed by atoms with Crippen LogP contribution in [0.1, 0.15) is 37.4 Å². The van der Waals surface area contributed by atoms with E-state index in [4.69, 9.17) is 9.84 Å². The number of carbonyl (C=O) groups is 1. The average molecular weight is 279 g/mol. The summed E-state index contributed by atoms with van der Waals surface area (Å²) in [5.41, 5.74) is 2.47. The molecule has 0 amide bonds. The quantitative estimate of drug-likeness (QED) is 0.755. The standard InChI is InChI=1S/C16H25NO3/c1-4-13-6-8-14(9-7-13)15(5-2)17(10-11-20-3)12-16(18)19/h6-9,15H,4-5,10-12H2,1-3H3,(H,18,19). The van der Waals surface area contributed by atoms with Crippen LogP contribution in [0.3, 0.4) is 0 Å². The third-order valence-electron chi connectivity index (χ3n) is 3.52. The van der Waals surface area contributed by atoms with Gasteiger partial charge in [0, 0.05) is 19.7 Å². The van der Waals surface area contributed by atoms with Gasteiger partial charge in [-0.2, -0.15) is 0 Å². The first-order valence-corrected chi connectivity index (χ1v) is 7.15. The highest BCUT2D eigenvalue weighted by Gasteiger charge is 2.20. The summed E-state index contributed by atoms with van der Waals surface area (Å²) in [5, 5.41) is 9.07. The predicted molar refractivity (Wildman–Crippen MR) is 79.9 cm³/mol. The minimum atomic E-state index is -0.801. The lowest BCUT2D eigenvalue weighted by atomic mass is 10.0. The molecule has 1 unspecified atom stereocenters. The second-order valence-corrected chi connectivity index (χ2v) is 4.88. The van der Waals surface area contributed by atoms with Crippen molar-refractivity contribution in [3.63, 3.8) is 0 Å². The number of hydrogen-bond donors (Lipinski definition) is 1. The molecule has 0 aliphatic rings. The summed E-state index contributed by atoms with van der Waals surface area (Å²) in [6, 6.07) is 8.57. The fraction of sp³-hybridized carbons (Fsp3) is 0.562. The number of ether oxygens (including phenoxy) is 1. The van der Waals surface area contributed by atoms with E-state index in [0.717, 1.165) is 12.8 Å². The second-order valence-electron chi connectivity index (χ2n) is 4.88. The fourth-order valence-electron chi connectivity index (χ4n) is 2.41. The van der Waals surface area contributed by atoms with Gasteiger partial charge in [0.15, 0.2) is 0 Å². The van der Waals surface area contributed by atoms with Gasteiger partial charge in [0.1, 0.15) is 0 Å². The molecule has 112 valence electrons. The van der Waals surface area contributed by atoms with E-state index in [0.29, 0.717) is 13.2 Å². The van der Waals surface area contributed by atoms with Gasteiger partial charge < -0.3 is 9.84 Å². The number of methoxy groups -OCH3 is 1. The summed E-state index contributed by atoms with van der Waals surface area (Å²) in [6.07, 6.45) is 1.89. The molecule has 4 nitrogen and oxygen atoms in total. The van der Waals surface area contributed by atoms with Gasteiger partial charge in [-0.3, -0.25) is 9.69 Å². The first kappa shape index (κ1) is 16.7. The topological polar surface area (TPSA) is 49.8 Å². The molecule has 0 fully saturated rings. The van der Waals surface area contributed by atoms with Crippen molar-refractivity contribution in [1.82, 2.24) is 4.90 Å². The Balaban J connectivity index is 2.88. The minimum absolute atomic E-state index is 0.0391. The van der Waals surface area contributed by atoms with Crippen LogP contribution in [0.5, 0.6) is 0 Å². The number of aryl methyl sites for hydroxylation is 1. The van der Waals surface area contributed by atoms with Crippen molar-refractivity contribution in [2.45, 2.75) is 32.7 Å². The molecule has 0 bridgehead atoms. The zero-order chi connectivity index (χ0) is 15.0. The van der Waals surface area contributed by atoms with Crippen molar-refractivity contribution in [3.05, 3.63) is 35.4 Å². The van der Waals surface area contributed by atoms with Crippen molar-refractivity contribution < 1.29 is 14.6 Å². The SMILES string of the molecule is CCc1ccc(C(CC)N(CCOC)CC(=O)O)cc1. The molecule has 1 atom stereocenters. The van der Waals surface area contributed by atoms with E-state index in [1.165, 1.54) is 11.1 Å². The van der Waals surface area contributed by atoms with E-state index in [9.17, 15) is 4.79 Å². The fourth-order valence-corrected chi connectivity index (χ4v) is 2.41. The van der Waals surface area contributed by atoms with E-state index >= 15 is 0 Å². The van der Waals surface area contributed by atoms with Crippen LogP contribution < -0.4 is 0 Å². The largest absolute Gasteiger partial charge is 0.480 e. The predicted octanol–water partition coefficient (Wildman–Crippen LogP) is 2.73. The van der Waals surface area contributed by atoms with Crippen LogP contribution in [-0.4, -0.2) is 42.8 Å². The monoisotopic (exact) mass is 279 g/mol. The second kappa shape index (κ2) is 8.72. The number of carboxylic acid groups (broad SMARTS) is 1. The van der Waals surface area contributed by atoms with Crippen LogP contribution in [0.25, 0.3) is 0 Å². The summed E-state index contributed by atoms with van der Waals surface area (Å²) in [6.45, 7) is 5.41. The lowest BCUT2D eigenvalue weighted by Gasteiger charge is -2.30. The molecule has 0 radical (unpaired) electrons. The van der Waals surface area contributed by atoms with Crippen LogP contribution in [0.15, 0.2) is 24.3 Å². The molecule has 1 rings (SSSR count). The molecule has 0 aliphatic heterocycles. The zero-order valence-corrected chi connectivity index (χ0v) is 12.6. The Kier molecular flexibility index (Phi) is 7.26. The van der Waals surface area contributed by atoms with Crippen molar-refractivity contribution in [2.24, 2.45) is 0 Å². The van der Waals surface area contributed by atoms with Gasteiger partial charge in [-0.15, -0.1) is 0 Å². The summed E-state index contributed by atoms with van der Waals surface area (Å²) in [7, 11) is 1.63. The maximum Gasteiger partial charge on any atom is 0.317 e. The Labute approximate surface area is 121 Å². The summed E-state index contributed by atoms with van der Waals surface area (Å²) >= 11 is 0. The van der Waals surface area contributed by atoms with Gasteiger partial charge in [0.25, 0.3) is 0 Å². The summed E-state index contributed by atoms with van der Waals surface area (Å²) in [4.78, 5) is 13.0. The van der Waals surface area contributed by atoms with Crippen LogP contribution in [0, 0.1) is 0 Å². The highest BCUT2D eigenvalue weighted by atomic mass is 16.5. The van der Waals surface area contributed by atoms with E-state index in [-0.39, 0.29) is 12.6 Å². The van der Waals surface area contributed by atoms with Crippen molar-refractivity contribution >= 4 is 5.97 Å². The maximum atomic E-state index is 11.0. The third kappa shape index (κ3) is 4.94. The smallest absolute Gasteiger partial charge is 0.317 e. The van der Waals surface area contributed by atoms with E-state index in [1.807, 2.05) is 4.90 Å². The normalized spacial score (nSPS) is 12.6. The molecular weight excluding hydrogens is 254 g/mol. The number of hydrogen-bond acceptors (Lipinski definition) is 3. The number of rotatable bonds is 9. The van der Waals surface area contributed by atoms with Crippen LogP contribution in [0.2, 0.25) is 0 Å². The van der Waals surface area contributed by atoms with E-state index in [1.54, 1.807) is 7.11 Å². The van der Waals surface area contributed by atoms with Gasteiger partial charge in [-0.05, 0) is 24.0 Å². The summed E-state index contributed by atoms with van der Waals surface area (Å²) in [5.74, 6) is -0.801. The molecule has 1 N–H and O–H groups in total. The zero-order valence-electron chi connectivity index (χ0n) is 12.6. The minimum Gasteiger partial charge on any atom is -0.480 e. The van der Waals surface area contributed by atoms with Gasteiger partial charge in [-0.1, -0.05) is 38.1 Å². The molecule has 0 saturated carbocycles. The molecule has 0 heterocycles. The van der Waals surface area contributed by atoms with Gasteiger partial charge >= 0.3 is 5.97 Å². The number of benzene rings is 1. The molecule has 0 saturated heterocycles. The average Bonchev–Trinajstić information content (AvgIpc) is 2.45. The van der Waals surface area contributed by atoms with Gasteiger partial charge in [-0.25, -0.2) is 0 Å². The Bertz CT molecular complexity index is 403. The Morgan fingerprint density at radius 1 is 1.30 bits per heavy atom. The number of aliphatic carboxylic acids is 1. The van der Waals surface area contributed by atoms with E-state index in [2.05, 4.69) is 38.1 Å². The highest BCUT2D eigenvalue weighted by Crippen LogP contribution is 2.24. The Morgan fingerprint density at radius 3 is 2.40 bits per heavy atom. The lowest BCUT2D eigenvalue weighted by Crippen LogP contribution is -2.36. The van der Waals surface area contributed by atoms with Gasteiger partial charge in [0.2, 0.25) is 0 Å². The Hall–Kier alpha value is -1.39. The maximum absolute atomic E-state index is 11.0. The molecule has 4 heteroatoms. The molecule has 0 aliphatic carbocycles. The van der Waals surface area contributed by atoms with Gasteiger partial charge in [0.05, 0.1) is 13.2 Å². The molecule has 1 aromatic rings. The third-order valence-corrected chi connectivity index (χ3v) is 3.52. The van der Waals surface area contributed by atoms with E-state index < -0.39 is 5.97 Å². The van der Waals surface area contributed by atoms with Crippen molar-refractivity contribution in [2.75, 3.05) is 26.8 Å². The highest BCUT2D eigenvalue weighted by molar-refractivity contribution is 5.69. The lowest BCUT2D eigenvalue weighted by molar-refractivity contribution is -0.139. The van der Waals surface area contributed by atoms with Crippen molar-refractivity contribution in [3.8, 4) is 0 Å².